The van der Waals surface area contributed by atoms with Gasteiger partial charge in [-0.15, -0.1) is 0 Å². The predicted octanol–water partition coefficient (Wildman–Crippen LogP) is 2.39. The summed E-state index contributed by atoms with van der Waals surface area (Å²) in [5, 5.41) is 9.83. The Bertz CT molecular complexity index is 403. The van der Waals surface area contributed by atoms with Crippen LogP contribution in [0.1, 0.15) is 36.7 Å². The molecule has 1 aromatic rings. The summed E-state index contributed by atoms with van der Waals surface area (Å²) in [5.41, 5.74) is 1.10. The highest BCUT2D eigenvalue weighted by atomic mass is 16.3. The normalized spacial score (nSPS) is 11.3. The van der Waals surface area contributed by atoms with E-state index < -0.39 is 0 Å². The summed E-state index contributed by atoms with van der Waals surface area (Å²) < 4.78 is 0. The summed E-state index contributed by atoms with van der Waals surface area (Å²) in [6, 6.07) is 5.20. The third-order valence-electron chi connectivity index (χ3n) is 2.47. The minimum absolute atomic E-state index is 0.0473. The summed E-state index contributed by atoms with van der Waals surface area (Å²) in [7, 11) is 3.36. The largest absolute Gasteiger partial charge is 0.507 e. The van der Waals surface area contributed by atoms with Crippen molar-refractivity contribution in [3.63, 3.8) is 0 Å². The number of benzene rings is 1. The molecule has 1 aromatic carbocycles. The van der Waals surface area contributed by atoms with E-state index in [1.54, 1.807) is 26.2 Å². The number of nitrogens with zero attached hydrogens (tertiary/aromatic N) is 1. The molecule has 3 heteroatoms. The first-order valence-corrected chi connectivity index (χ1v) is 5.29. The molecular weight excluding hydrogens is 202 g/mol. The third-order valence-corrected chi connectivity index (χ3v) is 2.47. The molecule has 0 unspecified atom stereocenters. The number of amides is 1. The molecule has 1 N–H and O–H groups in total. The van der Waals surface area contributed by atoms with E-state index in [0.717, 1.165) is 5.56 Å². The molecule has 0 saturated heterocycles. The van der Waals surface area contributed by atoms with Crippen molar-refractivity contribution in [3.8, 4) is 5.75 Å². The number of rotatable bonds is 1. The van der Waals surface area contributed by atoms with Crippen molar-refractivity contribution in [3.05, 3.63) is 29.3 Å². The van der Waals surface area contributed by atoms with E-state index in [-0.39, 0.29) is 17.1 Å². The number of aromatic hydroxyl groups is 1. The molecule has 0 aromatic heterocycles. The van der Waals surface area contributed by atoms with Crippen LogP contribution < -0.4 is 0 Å². The summed E-state index contributed by atoms with van der Waals surface area (Å²) in [5.74, 6) is -0.117. The Morgan fingerprint density at radius 3 is 2.25 bits per heavy atom. The van der Waals surface area contributed by atoms with E-state index >= 15 is 0 Å². The van der Waals surface area contributed by atoms with Gasteiger partial charge in [-0.2, -0.15) is 0 Å². The van der Waals surface area contributed by atoms with Crippen LogP contribution in [0.4, 0.5) is 0 Å². The molecule has 0 atom stereocenters. The van der Waals surface area contributed by atoms with E-state index in [9.17, 15) is 9.90 Å². The number of carbonyl (C=O) groups excluding carboxylic acids is 1. The second-order valence-corrected chi connectivity index (χ2v) is 5.15. The van der Waals surface area contributed by atoms with Gasteiger partial charge in [0.25, 0.3) is 5.91 Å². The maximum absolute atomic E-state index is 12.0. The molecule has 0 fully saturated rings. The van der Waals surface area contributed by atoms with Crippen LogP contribution in [0.2, 0.25) is 0 Å². The number of hydrogen-bond donors (Lipinski definition) is 1. The summed E-state index contributed by atoms with van der Waals surface area (Å²) in [6.45, 7) is 6.07. The maximum Gasteiger partial charge on any atom is 0.257 e. The summed E-state index contributed by atoms with van der Waals surface area (Å²) >= 11 is 0. The smallest absolute Gasteiger partial charge is 0.257 e. The molecule has 0 aliphatic rings. The Labute approximate surface area is 96.7 Å². The van der Waals surface area contributed by atoms with Crippen LogP contribution in [-0.2, 0) is 5.41 Å². The van der Waals surface area contributed by atoms with Crippen molar-refractivity contribution in [1.29, 1.82) is 0 Å². The van der Waals surface area contributed by atoms with E-state index in [2.05, 4.69) is 0 Å². The number of phenolic OH excluding ortho intramolecular Hbond substituents is 1. The maximum atomic E-state index is 12.0. The summed E-state index contributed by atoms with van der Waals surface area (Å²) in [4.78, 5) is 13.5. The van der Waals surface area contributed by atoms with E-state index in [4.69, 9.17) is 0 Å². The van der Waals surface area contributed by atoms with Gasteiger partial charge in [-0.1, -0.05) is 32.9 Å². The van der Waals surface area contributed by atoms with Crippen LogP contribution in [0.15, 0.2) is 18.2 Å². The number of carbonyl (C=O) groups is 1. The molecular formula is C13H19NO2. The van der Waals surface area contributed by atoms with Gasteiger partial charge >= 0.3 is 0 Å². The van der Waals surface area contributed by atoms with Gasteiger partial charge in [-0.05, 0) is 17.0 Å². The zero-order chi connectivity index (χ0) is 12.5. The molecule has 0 spiro atoms. The first-order valence-electron chi connectivity index (χ1n) is 5.29. The van der Waals surface area contributed by atoms with Crippen molar-refractivity contribution in [1.82, 2.24) is 4.90 Å². The third kappa shape index (κ3) is 2.35. The van der Waals surface area contributed by atoms with E-state index in [1.807, 2.05) is 26.8 Å². The minimum Gasteiger partial charge on any atom is -0.507 e. The van der Waals surface area contributed by atoms with Crippen LogP contribution >= 0.6 is 0 Å². The van der Waals surface area contributed by atoms with Crippen LogP contribution in [0, 0.1) is 0 Å². The fourth-order valence-corrected chi connectivity index (χ4v) is 1.61. The molecule has 0 bridgehead atoms. The quantitative estimate of drug-likeness (QED) is 0.791. The SMILES string of the molecule is CN(C)C(=O)c1c(O)cccc1C(C)(C)C. The van der Waals surface area contributed by atoms with Crippen LogP contribution in [-0.4, -0.2) is 30.0 Å². The van der Waals surface area contributed by atoms with E-state index in [1.165, 1.54) is 4.90 Å². The van der Waals surface area contributed by atoms with Crippen LogP contribution in [0.3, 0.4) is 0 Å². The lowest BCUT2D eigenvalue weighted by Crippen LogP contribution is -2.26. The van der Waals surface area contributed by atoms with Crippen molar-refractivity contribution < 1.29 is 9.90 Å². The van der Waals surface area contributed by atoms with Crippen molar-refractivity contribution in [2.45, 2.75) is 26.2 Å². The molecule has 1 rings (SSSR count). The average molecular weight is 221 g/mol. The molecule has 0 aliphatic heterocycles. The highest BCUT2D eigenvalue weighted by Gasteiger charge is 2.25. The number of phenols is 1. The molecule has 0 heterocycles. The van der Waals surface area contributed by atoms with Gasteiger partial charge in [-0.3, -0.25) is 4.79 Å². The monoisotopic (exact) mass is 221 g/mol. The second kappa shape index (κ2) is 4.16. The van der Waals surface area contributed by atoms with E-state index in [0.29, 0.717) is 5.56 Å². The second-order valence-electron chi connectivity index (χ2n) is 5.15. The lowest BCUT2D eigenvalue weighted by molar-refractivity contribution is 0.0822. The topological polar surface area (TPSA) is 40.5 Å². The lowest BCUT2D eigenvalue weighted by Gasteiger charge is -2.24. The first kappa shape index (κ1) is 12.6. The molecule has 1 amide bonds. The minimum atomic E-state index is -0.167. The number of hydrogen-bond acceptors (Lipinski definition) is 2. The summed E-state index contributed by atoms with van der Waals surface area (Å²) in [6.07, 6.45) is 0. The Morgan fingerprint density at radius 1 is 1.25 bits per heavy atom. The highest BCUT2D eigenvalue weighted by molar-refractivity contribution is 5.98. The van der Waals surface area contributed by atoms with Crippen molar-refractivity contribution in [2.75, 3.05) is 14.1 Å². The van der Waals surface area contributed by atoms with Gasteiger partial charge in [0.05, 0.1) is 5.56 Å². The fourth-order valence-electron chi connectivity index (χ4n) is 1.61. The van der Waals surface area contributed by atoms with Gasteiger partial charge in [0.2, 0.25) is 0 Å². The van der Waals surface area contributed by atoms with Gasteiger partial charge < -0.3 is 10.0 Å². The Morgan fingerprint density at radius 2 is 1.81 bits per heavy atom. The Hall–Kier alpha value is -1.51. The lowest BCUT2D eigenvalue weighted by atomic mass is 9.83. The van der Waals surface area contributed by atoms with Crippen LogP contribution in [0.5, 0.6) is 5.75 Å². The molecule has 88 valence electrons. The molecule has 16 heavy (non-hydrogen) atoms. The highest BCUT2D eigenvalue weighted by Crippen LogP contribution is 2.31. The first-order chi connectivity index (χ1) is 7.25. The predicted molar refractivity (Wildman–Crippen MR) is 64.8 cm³/mol. The van der Waals surface area contributed by atoms with Crippen molar-refractivity contribution in [2.24, 2.45) is 0 Å². The molecule has 3 nitrogen and oxygen atoms in total. The van der Waals surface area contributed by atoms with Gasteiger partial charge in [-0.25, -0.2) is 0 Å². The molecule has 0 aliphatic carbocycles. The van der Waals surface area contributed by atoms with Gasteiger partial charge in [0, 0.05) is 14.1 Å². The average Bonchev–Trinajstić information content (AvgIpc) is 2.14. The molecule has 0 saturated carbocycles. The zero-order valence-electron chi connectivity index (χ0n) is 10.5. The fraction of sp³-hybridized carbons (Fsp3) is 0.462. The molecule has 0 radical (unpaired) electrons. The van der Waals surface area contributed by atoms with Crippen molar-refractivity contribution >= 4 is 5.91 Å². The Kier molecular flexibility index (Phi) is 3.27. The van der Waals surface area contributed by atoms with Crippen LogP contribution in [0.25, 0.3) is 0 Å². The Balaban J connectivity index is 3.41. The zero-order valence-corrected chi connectivity index (χ0v) is 10.5. The van der Waals surface area contributed by atoms with Gasteiger partial charge in [0.1, 0.15) is 5.75 Å². The standard InChI is InChI=1S/C13H19NO2/c1-13(2,3)9-7-6-8-10(15)11(9)12(16)14(4)5/h6-8,15H,1-5H3. The van der Waals surface area contributed by atoms with Gasteiger partial charge in [0.15, 0.2) is 0 Å².